The molecule has 1 N–H and O–H groups in total. The van der Waals surface area contributed by atoms with E-state index < -0.39 is 5.82 Å². The van der Waals surface area contributed by atoms with Crippen LogP contribution in [0.2, 0.25) is 0 Å². The van der Waals surface area contributed by atoms with Crippen molar-refractivity contribution in [1.29, 1.82) is 0 Å². The number of benzene rings is 2. The van der Waals surface area contributed by atoms with Crippen LogP contribution < -0.4 is 5.32 Å². The Morgan fingerprint density at radius 2 is 1.75 bits per heavy atom. The largest absolute Gasteiger partial charge is 0.308 e. The smallest absolute Gasteiger partial charge is 0.127 e. The topological polar surface area (TPSA) is 12.0 Å². The van der Waals surface area contributed by atoms with Crippen molar-refractivity contribution in [3.8, 4) is 0 Å². The summed E-state index contributed by atoms with van der Waals surface area (Å²) in [6.07, 6.45) is 0. The summed E-state index contributed by atoms with van der Waals surface area (Å²) in [5.41, 5.74) is 1.53. The maximum absolute atomic E-state index is 13.5. The van der Waals surface area contributed by atoms with Gasteiger partial charge in [-0.1, -0.05) is 18.2 Å². The van der Waals surface area contributed by atoms with Crippen molar-refractivity contribution in [2.24, 2.45) is 0 Å². The SMILES string of the molecule is Fc1ccc(F)c(CNCc2csc3ccccc23)c1. The zero-order valence-electron chi connectivity index (χ0n) is 10.7. The molecule has 4 heteroatoms. The lowest BCUT2D eigenvalue weighted by Crippen LogP contribution is -2.13. The first-order valence-corrected chi connectivity index (χ1v) is 7.22. The average Bonchev–Trinajstić information content (AvgIpc) is 2.86. The maximum atomic E-state index is 13.5. The molecule has 1 heterocycles. The van der Waals surface area contributed by atoms with E-state index in [1.807, 2.05) is 12.1 Å². The monoisotopic (exact) mass is 289 g/mol. The van der Waals surface area contributed by atoms with Crippen LogP contribution in [0, 0.1) is 11.6 Å². The van der Waals surface area contributed by atoms with Gasteiger partial charge < -0.3 is 5.32 Å². The number of nitrogens with one attached hydrogen (secondary N) is 1. The van der Waals surface area contributed by atoms with E-state index in [2.05, 4.69) is 22.8 Å². The molecule has 0 atom stereocenters. The Hall–Kier alpha value is -1.78. The Bertz CT molecular complexity index is 736. The average molecular weight is 289 g/mol. The number of thiophene rings is 1. The molecule has 0 spiro atoms. The van der Waals surface area contributed by atoms with E-state index in [0.717, 1.165) is 12.1 Å². The van der Waals surface area contributed by atoms with Crippen LogP contribution in [-0.4, -0.2) is 0 Å². The van der Waals surface area contributed by atoms with E-state index in [1.54, 1.807) is 11.3 Å². The summed E-state index contributed by atoms with van der Waals surface area (Å²) in [5, 5.41) is 6.47. The van der Waals surface area contributed by atoms with Gasteiger partial charge in [-0.15, -0.1) is 11.3 Å². The highest BCUT2D eigenvalue weighted by Crippen LogP contribution is 2.25. The van der Waals surface area contributed by atoms with Crippen LogP contribution in [-0.2, 0) is 13.1 Å². The van der Waals surface area contributed by atoms with Gasteiger partial charge in [0.05, 0.1) is 0 Å². The van der Waals surface area contributed by atoms with Gasteiger partial charge in [-0.3, -0.25) is 0 Å². The number of fused-ring (bicyclic) bond motifs is 1. The standard InChI is InChI=1S/C16H13F2NS/c17-13-5-6-15(18)11(7-13)8-19-9-12-10-20-16-4-2-1-3-14(12)16/h1-7,10,19H,8-9H2. The Labute approximate surface area is 119 Å². The van der Waals surface area contributed by atoms with Crippen LogP contribution >= 0.6 is 11.3 Å². The molecule has 0 aliphatic carbocycles. The van der Waals surface area contributed by atoms with Crippen LogP contribution in [0.3, 0.4) is 0 Å². The van der Waals surface area contributed by atoms with Crippen molar-refractivity contribution < 1.29 is 8.78 Å². The van der Waals surface area contributed by atoms with Crippen molar-refractivity contribution in [1.82, 2.24) is 5.32 Å². The predicted molar refractivity (Wildman–Crippen MR) is 78.7 cm³/mol. The van der Waals surface area contributed by atoms with Crippen LogP contribution in [0.4, 0.5) is 8.78 Å². The Morgan fingerprint density at radius 1 is 0.950 bits per heavy atom. The first kappa shape index (κ1) is 13.2. The lowest BCUT2D eigenvalue weighted by atomic mass is 10.1. The van der Waals surface area contributed by atoms with Crippen molar-refractivity contribution in [2.45, 2.75) is 13.1 Å². The number of halogens is 2. The highest BCUT2D eigenvalue weighted by Gasteiger charge is 2.05. The molecule has 0 unspecified atom stereocenters. The fourth-order valence-corrected chi connectivity index (χ4v) is 3.14. The van der Waals surface area contributed by atoms with Crippen LogP contribution in [0.5, 0.6) is 0 Å². The second-order valence-corrected chi connectivity index (χ2v) is 5.51. The van der Waals surface area contributed by atoms with E-state index in [1.165, 1.54) is 21.7 Å². The quantitative estimate of drug-likeness (QED) is 0.747. The molecule has 0 fully saturated rings. The summed E-state index contributed by atoms with van der Waals surface area (Å²) in [6, 6.07) is 11.7. The van der Waals surface area contributed by atoms with Crippen molar-refractivity contribution in [2.75, 3.05) is 0 Å². The molecule has 2 aromatic carbocycles. The lowest BCUT2D eigenvalue weighted by molar-refractivity contribution is 0.569. The fourth-order valence-electron chi connectivity index (χ4n) is 2.18. The van der Waals surface area contributed by atoms with Crippen LogP contribution in [0.15, 0.2) is 47.8 Å². The Morgan fingerprint density at radius 3 is 2.65 bits per heavy atom. The molecular weight excluding hydrogens is 276 g/mol. The molecule has 102 valence electrons. The third kappa shape index (κ3) is 2.71. The number of rotatable bonds is 4. The molecule has 0 aliphatic heterocycles. The molecule has 3 rings (SSSR count). The van der Waals surface area contributed by atoms with Crippen molar-refractivity contribution in [3.05, 3.63) is 70.6 Å². The van der Waals surface area contributed by atoms with E-state index >= 15 is 0 Å². The van der Waals surface area contributed by atoms with Crippen LogP contribution in [0.25, 0.3) is 10.1 Å². The van der Waals surface area contributed by atoms with E-state index in [9.17, 15) is 8.78 Å². The normalized spacial score (nSPS) is 11.1. The molecule has 0 bridgehead atoms. The highest BCUT2D eigenvalue weighted by molar-refractivity contribution is 7.17. The van der Waals surface area contributed by atoms with Crippen molar-refractivity contribution in [3.63, 3.8) is 0 Å². The van der Waals surface area contributed by atoms with Crippen molar-refractivity contribution >= 4 is 21.4 Å². The summed E-state index contributed by atoms with van der Waals surface area (Å²) >= 11 is 1.69. The Balaban J connectivity index is 1.69. The molecule has 20 heavy (non-hydrogen) atoms. The molecule has 0 aliphatic rings. The first-order valence-electron chi connectivity index (χ1n) is 6.34. The molecule has 0 saturated carbocycles. The fraction of sp³-hybridized carbons (Fsp3) is 0.125. The zero-order chi connectivity index (χ0) is 13.9. The summed E-state index contributed by atoms with van der Waals surface area (Å²) < 4.78 is 27.8. The zero-order valence-corrected chi connectivity index (χ0v) is 11.5. The minimum atomic E-state index is -0.413. The second-order valence-electron chi connectivity index (χ2n) is 4.60. The molecule has 1 aromatic heterocycles. The second kappa shape index (κ2) is 5.69. The molecule has 3 aromatic rings. The van der Waals surface area contributed by atoms with Gasteiger partial charge in [0.25, 0.3) is 0 Å². The third-order valence-electron chi connectivity index (χ3n) is 3.20. The maximum Gasteiger partial charge on any atom is 0.127 e. The molecule has 0 amide bonds. The lowest BCUT2D eigenvalue weighted by Gasteiger charge is -2.06. The van der Waals surface area contributed by atoms with Gasteiger partial charge in [0, 0.05) is 23.4 Å². The van der Waals surface area contributed by atoms with Gasteiger partial charge in [0.2, 0.25) is 0 Å². The minimum absolute atomic E-state index is 0.313. The summed E-state index contributed by atoms with van der Waals surface area (Å²) in [4.78, 5) is 0. The molecule has 0 radical (unpaired) electrons. The van der Waals surface area contributed by atoms with Gasteiger partial charge in [-0.25, -0.2) is 8.78 Å². The minimum Gasteiger partial charge on any atom is -0.308 e. The summed E-state index contributed by atoms with van der Waals surface area (Å²) in [5.74, 6) is -0.793. The van der Waals surface area contributed by atoms with Gasteiger partial charge in [-0.2, -0.15) is 0 Å². The molecule has 0 saturated heterocycles. The number of hydrogen-bond donors (Lipinski definition) is 1. The predicted octanol–water partition coefficient (Wildman–Crippen LogP) is 4.47. The van der Waals surface area contributed by atoms with Gasteiger partial charge >= 0.3 is 0 Å². The van der Waals surface area contributed by atoms with Gasteiger partial charge in [0.1, 0.15) is 11.6 Å². The highest BCUT2D eigenvalue weighted by atomic mass is 32.1. The number of hydrogen-bond acceptors (Lipinski definition) is 2. The van der Waals surface area contributed by atoms with E-state index in [4.69, 9.17) is 0 Å². The molecule has 1 nitrogen and oxygen atoms in total. The van der Waals surface area contributed by atoms with E-state index in [-0.39, 0.29) is 5.82 Å². The van der Waals surface area contributed by atoms with E-state index in [0.29, 0.717) is 18.7 Å². The first-order chi connectivity index (χ1) is 9.74. The summed E-state index contributed by atoms with van der Waals surface area (Å²) in [6.45, 7) is 0.952. The van der Waals surface area contributed by atoms with Gasteiger partial charge in [0.15, 0.2) is 0 Å². The van der Waals surface area contributed by atoms with Crippen LogP contribution in [0.1, 0.15) is 11.1 Å². The Kier molecular flexibility index (Phi) is 3.76. The third-order valence-corrected chi connectivity index (χ3v) is 4.21. The van der Waals surface area contributed by atoms with Gasteiger partial charge in [-0.05, 0) is 40.6 Å². The summed E-state index contributed by atoms with van der Waals surface area (Å²) in [7, 11) is 0. The molecular formula is C16H13F2NS.